The molecule has 3 aromatic rings. The van der Waals surface area contributed by atoms with E-state index in [9.17, 15) is 4.79 Å². The topological polar surface area (TPSA) is 107 Å². The summed E-state index contributed by atoms with van der Waals surface area (Å²) >= 11 is 7.17. The lowest BCUT2D eigenvalue weighted by Crippen LogP contribution is -2.19. The van der Waals surface area contributed by atoms with Gasteiger partial charge in [-0.25, -0.2) is 4.79 Å². The number of carbonyl (C=O) groups is 1. The van der Waals surface area contributed by atoms with E-state index in [1.165, 1.54) is 18.4 Å². The molecule has 9 nitrogen and oxygen atoms in total. The minimum atomic E-state index is -0.488. The van der Waals surface area contributed by atoms with E-state index in [2.05, 4.69) is 26.1 Å². The van der Waals surface area contributed by atoms with Crippen LogP contribution in [-0.2, 0) is 6.54 Å². The van der Waals surface area contributed by atoms with E-state index >= 15 is 0 Å². The van der Waals surface area contributed by atoms with Gasteiger partial charge in [0.05, 0.1) is 27.0 Å². The smallest absolute Gasteiger partial charge is 0.325 e. The Kier molecular flexibility index (Phi) is 7.15. The SMILES string of the molecule is COc1ccc(Cl)cc1NC(=O)Nc1nnc(NCc2ccc(OC)c(OC)c2)s1. The van der Waals surface area contributed by atoms with Crippen LogP contribution in [0.3, 0.4) is 0 Å². The summed E-state index contributed by atoms with van der Waals surface area (Å²) in [6, 6.07) is 10.1. The van der Waals surface area contributed by atoms with Gasteiger partial charge in [0, 0.05) is 11.6 Å². The number of nitrogens with zero attached hydrogens (tertiary/aromatic N) is 2. The van der Waals surface area contributed by atoms with E-state index < -0.39 is 6.03 Å². The molecule has 3 rings (SSSR count). The molecule has 1 heterocycles. The van der Waals surface area contributed by atoms with Crippen molar-refractivity contribution >= 4 is 44.9 Å². The summed E-state index contributed by atoms with van der Waals surface area (Å²) < 4.78 is 15.7. The number of methoxy groups -OCH3 is 3. The van der Waals surface area contributed by atoms with Crippen molar-refractivity contribution in [1.29, 1.82) is 0 Å². The number of amides is 2. The van der Waals surface area contributed by atoms with Gasteiger partial charge in [-0.3, -0.25) is 5.32 Å². The lowest BCUT2D eigenvalue weighted by atomic mass is 10.2. The standard InChI is InChI=1S/C19H20ClN5O4S/c1-27-14-7-5-12(20)9-13(14)22-17(26)23-19-25-24-18(30-19)21-10-11-4-6-15(28-2)16(8-11)29-3/h4-9H,10H2,1-3H3,(H,21,24)(H2,22,23,25,26). The third-order valence-electron chi connectivity index (χ3n) is 3.95. The first-order valence-corrected chi connectivity index (χ1v) is 9.91. The molecule has 0 radical (unpaired) electrons. The normalized spacial score (nSPS) is 10.3. The fourth-order valence-corrected chi connectivity index (χ4v) is 3.35. The van der Waals surface area contributed by atoms with Crippen LogP contribution in [0, 0.1) is 0 Å². The monoisotopic (exact) mass is 449 g/mol. The fraction of sp³-hybridized carbons (Fsp3) is 0.211. The average Bonchev–Trinajstić information content (AvgIpc) is 3.19. The molecule has 2 amide bonds. The van der Waals surface area contributed by atoms with Crippen molar-refractivity contribution in [1.82, 2.24) is 10.2 Å². The first-order chi connectivity index (χ1) is 14.5. The zero-order valence-electron chi connectivity index (χ0n) is 16.5. The van der Waals surface area contributed by atoms with Gasteiger partial charge in [0.25, 0.3) is 0 Å². The molecule has 158 valence electrons. The fourth-order valence-electron chi connectivity index (χ4n) is 2.54. The van der Waals surface area contributed by atoms with Crippen LogP contribution in [0.25, 0.3) is 0 Å². The molecule has 30 heavy (non-hydrogen) atoms. The molecule has 0 saturated heterocycles. The summed E-state index contributed by atoms with van der Waals surface area (Å²) in [5, 5.41) is 17.8. The zero-order chi connectivity index (χ0) is 21.5. The molecule has 1 aromatic heterocycles. The van der Waals surface area contributed by atoms with E-state index in [4.69, 9.17) is 25.8 Å². The lowest BCUT2D eigenvalue weighted by Gasteiger charge is -2.10. The van der Waals surface area contributed by atoms with Gasteiger partial charge in [0.15, 0.2) is 11.5 Å². The van der Waals surface area contributed by atoms with Crippen LogP contribution in [0.5, 0.6) is 17.2 Å². The molecule has 0 aliphatic heterocycles. The summed E-state index contributed by atoms with van der Waals surface area (Å²) in [6.45, 7) is 0.501. The Hall–Kier alpha value is -3.24. The highest BCUT2D eigenvalue weighted by Gasteiger charge is 2.12. The Morgan fingerprint density at radius 3 is 2.37 bits per heavy atom. The molecule has 0 saturated carbocycles. The van der Waals surface area contributed by atoms with Crippen molar-refractivity contribution in [2.45, 2.75) is 6.54 Å². The van der Waals surface area contributed by atoms with Gasteiger partial charge < -0.3 is 24.8 Å². The second-order valence-corrected chi connectivity index (χ2v) is 7.29. The molecule has 0 fully saturated rings. The number of halogens is 1. The number of nitrogens with one attached hydrogen (secondary N) is 3. The van der Waals surface area contributed by atoms with Crippen molar-refractivity contribution in [3.8, 4) is 17.2 Å². The Morgan fingerprint density at radius 1 is 0.933 bits per heavy atom. The minimum Gasteiger partial charge on any atom is -0.495 e. The van der Waals surface area contributed by atoms with E-state index in [0.29, 0.717) is 44.8 Å². The molecule has 3 N–H and O–H groups in total. The van der Waals surface area contributed by atoms with Crippen molar-refractivity contribution in [2.24, 2.45) is 0 Å². The molecule has 0 unspecified atom stereocenters. The quantitative estimate of drug-likeness (QED) is 0.465. The number of rotatable bonds is 8. The van der Waals surface area contributed by atoms with Gasteiger partial charge in [0.2, 0.25) is 10.3 Å². The first kappa shape index (κ1) is 21.5. The highest BCUT2D eigenvalue weighted by molar-refractivity contribution is 7.19. The predicted molar refractivity (Wildman–Crippen MR) is 117 cm³/mol. The summed E-state index contributed by atoms with van der Waals surface area (Å²) in [5.74, 6) is 1.79. The lowest BCUT2D eigenvalue weighted by molar-refractivity contribution is 0.262. The van der Waals surface area contributed by atoms with Crippen LogP contribution in [0.2, 0.25) is 5.02 Å². The predicted octanol–water partition coefficient (Wildman–Crippen LogP) is 4.47. The molecule has 0 bridgehead atoms. The van der Waals surface area contributed by atoms with Crippen LogP contribution in [0.15, 0.2) is 36.4 Å². The highest BCUT2D eigenvalue weighted by atomic mass is 35.5. The van der Waals surface area contributed by atoms with E-state index in [0.717, 1.165) is 5.56 Å². The van der Waals surface area contributed by atoms with Crippen LogP contribution in [0.1, 0.15) is 5.56 Å². The van der Waals surface area contributed by atoms with Crippen molar-refractivity contribution in [3.05, 3.63) is 47.0 Å². The number of aromatic nitrogens is 2. The third kappa shape index (κ3) is 5.43. The van der Waals surface area contributed by atoms with E-state index in [1.54, 1.807) is 32.4 Å². The van der Waals surface area contributed by atoms with E-state index in [1.807, 2.05) is 18.2 Å². The molecular weight excluding hydrogens is 430 g/mol. The second kappa shape index (κ2) is 9.99. The summed E-state index contributed by atoms with van der Waals surface area (Å²) in [5.41, 5.74) is 1.42. The van der Waals surface area contributed by atoms with Crippen LogP contribution in [-0.4, -0.2) is 37.6 Å². The number of hydrogen-bond acceptors (Lipinski definition) is 8. The first-order valence-electron chi connectivity index (χ1n) is 8.72. The van der Waals surface area contributed by atoms with Gasteiger partial charge in [0.1, 0.15) is 5.75 Å². The number of urea groups is 1. The number of benzene rings is 2. The maximum atomic E-state index is 12.3. The third-order valence-corrected chi connectivity index (χ3v) is 4.98. The Morgan fingerprint density at radius 2 is 1.63 bits per heavy atom. The van der Waals surface area contributed by atoms with E-state index in [-0.39, 0.29) is 0 Å². The number of carbonyl (C=O) groups excluding carboxylic acids is 1. The molecule has 2 aromatic carbocycles. The largest absolute Gasteiger partial charge is 0.495 e. The zero-order valence-corrected chi connectivity index (χ0v) is 18.1. The molecular formula is C19H20ClN5O4S. The van der Waals surface area contributed by atoms with Crippen LogP contribution in [0.4, 0.5) is 20.7 Å². The highest BCUT2D eigenvalue weighted by Crippen LogP contribution is 2.29. The second-order valence-electron chi connectivity index (χ2n) is 5.88. The molecule has 0 atom stereocenters. The molecule has 11 heteroatoms. The minimum absolute atomic E-state index is 0.336. The Balaban J connectivity index is 1.57. The van der Waals surface area contributed by atoms with Gasteiger partial charge >= 0.3 is 6.03 Å². The maximum absolute atomic E-state index is 12.3. The number of hydrogen-bond donors (Lipinski definition) is 3. The molecule has 0 aliphatic rings. The number of ether oxygens (including phenoxy) is 3. The Bertz CT molecular complexity index is 1030. The van der Waals surface area contributed by atoms with Crippen LogP contribution < -0.4 is 30.2 Å². The summed E-state index contributed by atoms with van der Waals surface area (Å²) in [6.07, 6.45) is 0. The van der Waals surface area contributed by atoms with Crippen molar-refractivity contribution in [2.75, 3.05) is 37.3 Å². The summed E-state index contributed by atoms with van der Waals surface area (Å²) in [7, 11) is 4.68. The molecule has 0 aliphatic carbocycles. The van der Waals surface area contributed by atoms with Gasteiger partial charge in [-0.2, -0.15) is 0 Å². The maximum Gasteiger partial charge on any atom is 0.325 e. The van der Waals surface area contributed by atoms with Crippen LogP contribution >= 0.6 is 22.9 Å². The van der Waals surface area contributed by atoms with Gasteiger partial charge in [-0.1, -0.05) is 29.0 Å². The summed E-state index contributed by atoms with van der Waals surface area (Å²) in [4.78, 5) is 12.3. The van der Waals surface area contributed by atoms with Gasteiger partial charge in [-0.15, -0.1) is 10.2 Å². The Labute approximate surface area is 182 Å². The average molecular weight is 450 g/mol. The van der Waals surface area contributed by atoms with Crippen molar-refractivity contribution in [3.63, 3.8) is 0 Å². The molecule has 0 spiro atoms. The van der Waals surface area contributed by atoms with Gasteiger partial charge in [-0.05, 0) is 35.9 Å². The number of anilines is 3. The van der Waals surface area contributed by atoms with Crippen molar-refractivity contribution < 1.29 is 19.0 Å².